The number of nitrogens with zero attached hydrogens (tertiary/aromatic N) is 1. The van der Waals surface area contributed by atoms with E-state index in [9.17, 15) is 0 Å². The molecule has 0 saturated heterocycles. The van der Waals surface area contributed by atoms with Gasteiger partial charge in [0.1, 0.15) is 5.75 Å². The highest BCUT2D eigenvalue weighted by molar-refractivity contribution is 7.98. The minimum Gasteiger partial charge on any atom is -0.493 e. The van der Waals surface area contributed by atoms with Crippen LogP contribution in [0.2, 0.25) is 0 Å². The van der Waals surface area contributed by atoms with Crippen molar-refractivity contribution in [3.05, 3.63) is 29.8 Å². The van der Waals surface area contributed by atoms with E-state index < -0.39 is 0 Å². The summed E-state index contributed by atoms with van der Waals surface area (Å²) in [5.41, 5.74) is 1.39. The fourth-order valence-electron chi connectivity index (χ4n) is 1.63. The molecule has 0 aliphatic carbocycles. The van der Waals surface area contributed by atoms with Gasteiger partial charge in [-0.05, 0) is 57.8 Å². The van der Waals surface area contributed by atoms with Crippen molar-refractivity contribution >= 4 is 24.2 Å². The van der Waals surface area contributed by atoms with Crippen molar-refractivity contribution in [3.8, 4) is 5.75 Å². The Morgan fingerprint density at radius 3 is 2.37 bits per heavy atom. The molecule has 0 amide bonds. The van der Waals surface area contributed by atoms with Gasteiger partial charge in [-0.15, -0.1) is 12.4 Å². The number of hydrogen-bond donors (Lipinski definition) is 0. The number of halogens is 1. The van der Waals surface area contributed by atoms with Gasteiger partial charge in [-0.3, -0.25) is 0 Å². The number of benzene rings is 1. The molecule has 110 valence electrons. The molecule has 1 unspecified atom stereocenters. The quantitative estimate of drug-likeness (QED) is 0.679. The van der Waals surface area contributed by atoms with Crippen molar-refractivity contribution in [2.24, 2.45) is 0 Å². The molecule has 2 nitrogen and oxygen atoms in total. The Balaban J connectivity index is 0.00000324. The minimum absolute atomic E-state index is 0. The molecule has 0 bridgehead atoms. The highest BCUT2D eigenvalue weighted by atomic mass is 35.5. The van der Waals surface area contributed by atoms with Gasteiger partial charge in [0, 0.05) is 11.8 Å². The highest BCUT2D eigenvalue weighted by Crippen LogP contribution is 2.15. The molecule has 0 aromatic heterocycles. The highest BCUT2D eigenvalue weighted by Gasteiger charge is 2.04. The summed E-state index contributed by atoms with van der Waals surface area (Å²) in [5, 5.41) is 0. The average Bonchev–Trinajstić information content (AvgIpc) is 2.37. The van der Waals surface area contributed by atoms with E-state index in [4.69, 9.17) is 4.74 Å². The lowest BCUT2D eigenvalue weighted by Gasteiger charge is -2.19. The van der Waals surface area contributed by atoms with Crippen LogP contribution in [0.15, 0.2) is 24.3 Å². The smallest absolute Gasteiger partial charge is 0.119 e. The van der Waals surface area contributed by atoms with Crippen LogP contribution >= 0.6 is 24.2 Å². The van der Waals surface area contributed by atoms with Gasteiger partial charge in [-0.25, -0.2) is 0 Å². The summed E-state index contributed by atoms with van der Waals surface area (Å²) in [7, 11) is 4.26. The lowest BCUT2D eigenvalue weighted by atomic mass is 10.1. The van der Waals surface area contributed by atoms with Crippen LogP contribution in [0.1, 0.15) is 18.9 Å². The zero-order valence-corrected chi connectivity index (χ0v) is 14.0. The van der Waals surface area contributed by atoms with Gasteiger partial charge >= 0.3 is 0 Å². The van der Waals surface area contributed by atoms with Crippen LogP contribution < -0.4 is 4.74 Å². The summed E-state index contributed by atoms with van der Waals surface area (Å²) < 4.78 is 5.64. The zero-order chi connectivity index (χ0) is 13.4. The second-order valence-corrected chi connectivity index (χ2v) is 5.82. The second-order valence-electron chi connectivity index (χ2n) is 4.84. The van der Waals surface area contributed by atoms with Crippen LogP contribution in [0.3, 0.4) is 0 Å². The van der Waals surface area contributed by atoms with Gasteiger partial charge in [0.05, 0.1) is 6.61 Å². The number of ether oxygens (including phenoxy) is 1. The third kappa shape index (κ3) is 7.71. The van der Waals surface area contributed by atoms with Crippen LogP contribution in [-0.2, 0) is 6.42 Å². The molecule has 0 saturated carbocycles. The maximum Gasteiger partial charge on any atom is 0.119 e. The van der Waals surface area contributed by atoms with Crippen molar-refractivity contribution in [1.82, 2.24) is 4.90 Å². The molecule has 0 fully saturated rings. The summed E-state index contributed by atoms with van der Waals surface area (Å²) in [4.78, 5) is 2.26. The Morgan fingerprint density at radius 1 is 1.21 bits per heavy atom. The molecule has 0 aliphatic heterocycles. The predicted molar refractivity (Wildman–Crippen MR) is 89.0 cm³/mol. The molecule has 19 heavy (non-hydrogen) atoms. The maximum absolute atomic E-state index is 5.64. The third-order valence-corrected chi connectivity index (χ3v) is 3.79. The molecule has 0 aliphatic rings. The lowest BCUT2D eigenvalue weighted by molar-refractivity contribution is 0.299. The SMILES string of the molecule is CSCCOc1ccc(CCC(C)N(C)C)cc1.Cl. The zero-order valence-electron chi connectivity index (χ0n) is 12.4. The summed E-state index contributed by atoms with van der Waals surface area (Å²) >= 11 is 1.81. The van der Waals surface area contributed by atoms with Gasteiger partial charge in [-0.1, -0.05) is 12.1 Å². The Bertz CT molecular complexity index is 329. The second kappa shape index (κ2) is 10.4. The fourth-order valence-corrected chi connectivity index (χ4v) is 1.88. The Labute approximate surface area is 128 Å². The molecule has 0 N–H and O–H groups in total. The molecular formula is C15H26ClNOS. The maximum atomic E-state index is 5.64. The number of thioether (sulfide) groups is 1. The van der Waals surface area contributed by atoms with E-state index in [1.807, 2.05) is 11.8 Å². The first-order valence-corrected chi connectivity index (χ1v) is 7.90. The summed E-state index contributed by atoms with van der Waals surface area (Å²) in [6.45, 7) is 3.05. The summed E-state index contributed by atoms with van der Waals surface area (Å²) in [5.74, 6) is 2.02. The van der Waals surface area contributed by atoms with Crippen molar-refractivity contribution in [2.75, 3.05) is 32.7 Å². The largest absolute Gasteiger partial charge is 0.493 e. The van der Waals surface area contributed by atoms with E-state index in [1.165, 1.54) is 12.0 Å². The van der Waals surface area contributed by atoms with Gasteiger partial charge < -0.3 is 9.64 Å². The molecule has 1 aromatic carbocycles. The monoisotopic (exact) mass is 303 g/mol. The number of aryl methyl sites for hydroxylation is 1. The van der Waals surface area contributed by atoms with Crippen LogP contribution in [0.5, 0.6) is 5.75 Å². The molecule has 0 spiro atoms. The Morgan fingerprint density at radius 2 is 1.84 bits per heavy atom. The van der Waals surface area contributed by atoms with Gasteiger partial charge in [-0.2, -0.15) is 11.8 Å². The van der Waals surface area contributed by atoms with Crippen LogP contribution in [0.25, 0.3) is 0 Å². The topological polar surface area (TPSA) is 12.5 Å². The van der Waals surface area contributed by atoms with E-state index in [0.717, 1.165) is 24.5 Å². The van der Waals surface area contributed by atoms with E-state index >= 15 is 0 Å². The van der Waals surface area contributed by atoms with Gasteiger partial charge in [0.15, 0.2) is 0 Å². The molecule has 0 radical (unpaired) electrons. The molecule has 1 atom stereocenters. The Kier molecular flexibility index (Phi) is 10.2. The van der Waals surface area contributed by atoms with Crippen molar-refractivity contribution in [3.63, 3.8) is 0 Å². The van der Waals surface area contributed by atoms with E-state index in [-0.39, 0.29) is 12.4 Å². The van der Waals surface area contributed by atoms with Crippen molar-refractivity contribution in [2.45, 2.75) is 25.8 Å². The van der Waals surface area contributed by atoms with E-state index in [2.05, 4.69) is 56.4 Å². The van der Waals surface area contributed by atoms with Crippen LogP contribution in [-0.4, -0.2) is 43.7 Å². The average molecular weight is 304 g/mol. The van der Waals surface area contributed by atoms with Crippen molar-refractivity contribution in [1.29, 1.82) is 0 Å². The lowest BCUT2D eigenvalue weighted by Crippen LogP contribution is -2.24. The van der Waals surface area contributed by atoms with Gasteiger partial charge in [0.25, 0.3) is 0 Å². The third-order valence-electron chi connectivity index (χ3n) is 3.21. The fraction of sp³-hybridized carbons (Fsp3) is 0.600. The molecule has 1 aromatic rings. The first-order valence-electron chi connectivity index (χ1n) is 6.50. The minimum atomic E-state index is 0. The first kappa shape index (κ1) is 18.6. The van der Waals surface area contributed by atoms with Crippen molar-refractivity contribution < 1.29 is 4.74 Å². The molecule has 4 heteroatoms. The van der Waals surface area contributed by atoms with Crippen LogP contribution in [0, 0.1) is 0 Å². The molecule has 1 rings (SSSR count). The number of hydrogen-bond acceptors (Lipinski definition) is 3. The Hall–Kier alpha value is -0.380. The summed E-state index contributed by atoms with van der Waals surface area (Å²) in [6.07, 6.45) is 4.42. The molecule has 0 heterocycles. The normalized spacial score (nSPS) is 12.1. The van der Waals surface area contributed by atoms with E-state index in [1.54, 1.807) is 0 Å². The first-order chi connectivity index (χ1) is 8.63. The number of rotatable bonds is 8. The predicted octanol–water partition coefficient (Wildman–Crippen LogP) is 3.73. The van der Waals surface area contributed by atoms with Crippen LogP contribution in [0.4, 0.5) is 0 Å². The summed E-state index contributed by atoms with van der Waals surface area (Å²) in [6, 6.07) is 9.14. The molecular weight excluding hydrogens is 278 g/mol. The van der Waals surface area contributed by atoms with Gasteiger partial charge in [0.2, 0.25) is 0 Å². The standard InChI is InChI=1S/C15H25NOS.ClH/c1-13(16(2)3)5-6-14-7-9-15(10-8-14)17-11-12-18-4;/h7-10,13H,5-6,11-12H2,1-4H3;1H. The van der Waals surface area contributed by atoms with E-state index in [0.29, 0.717) is 6.04 Å².